The maximum absolute atomic E-state index is 12.1. The Morgan fingerprint density at radius 3 is 2.29 bits per heavy atom. The number of sulfonamides is 1. The second-order valence-electron chi connectivity index (χ2n) is 4.66. The van der Waals surface area contributed by atoms with Gasteiger partial charge in [-0.05, 0) is 37.6 Å². The molecular formula is C13H18N2O5S. The number of rotatable bonds is 7. The lowest BCUT2D eigenvalue weighted by Gasteiger charge is -2.13. The van der Waals surface area contributed by atoms with Crippen molar-refractivity contribution in [3.8, 4) is 0 Å². The summed E-state index contributed by atoms with van der Waals surface area (Å²) in [5.41, 5.74) is 0.500. The average Bonchev–Trinajstić information content (AvgIpc) is 2.35. The topological polar surface area (TPSA) is 113 Å². The van der Waals surface area contributed by atoms with Gasteiger partial charge in [0.2, 0.25) is 15.9 Å². The molecule has 0 spiro atoms. The Hall–Kier alpha value is -1.93. The van der Waals surface area contributed by atoms with Crippen LogP contribution in [0.2, 0.25) is 0 Å². The fourth-order valence-electron chi connectivity index (χ4n) is 1.65. The Kier molecular flexibility index (Phi) is 5.86. The van der Waals surface area contributed by atoms with Gasteiger partial charge in [-0.1, -0.05) is 0 Å². The molecule has 1 rings (SSSR count). The van der Waals surface area contributed by atoms with Crippen molar-refractivity contribution in [2.75, 3.05) is 5.32 Å². The molecule has 0 aliphatic heterocycles. The van der Waals surface area contributed by atoms with Gasteiger partial charge in [-0.25, -0.2) is 13.1 Å². The number of anilines is 1. The first kappa shape index (κ1) is 17.1. The number of hydrogen-bond acceptors (Lipinski definition) is 4. The summed E-state index contributed by atoms with van der Waals surface area (Å²) in [6.45, 7) is 2.96. The van der Waals surface area contributed by atoms with Crippen LogP contribution in [-0.4, -0.2) is 31.4 Å². The van der Waals surface area contributed by atoms with Crippen LogP contribution in [0.4, 0.5) is 5.69 Å². The lowest BCUT2D eigenvalue weighted by molar-refractivity contribution is -0.137. The highest BCUT2D eigenvalue weighted by Crippen LogP contribution is 2.15. The first-order chi connectivity index (χ1) is 9.70. The van der Waals surface area contributed by atoms with E-state index < -0.39 is 22.0 Å². The number of carbonyl (C=O) groups excluding carboxylic acids is 1. The van der Waals surface area contributed by atoms with E-state index in [0.29, 0.717) is 5.69 Å². The summed E-state index contributed by atoms with van der Waals surface area (Å²) in [4.78, 5) is 21.4. The van der Waals surface area contributed by atoms with Crippen LogP contribution in [0.1, 0.15) is 26.7 Å². The summed E-state index contributed by atoms with van der Waals surface area (Å²) in [6, 6.07) is 5.23. The van der Waals surface area contributed by atoms with Crippen LogP contribution in [0, 0.1) is 0 Å². The zero-order valence-corrected chi connectivity index (χ0v) is 12.6. The Morgan fingerprint density at radius 1 is 1.24 bits per heavy atom. The molecule has 8 heteroatoms. The quantitative estimate of drug-likeness (QED) is 0.699. The van der Waals surface area contributed by atoms with Gasteiger partial charge in [-0.3, -0.25) is 9.59 Å². The van der Waals surface area contributed by atoms with Crippen molar-refractivity contribution in [1.29, 1.82) is 0 Å². The van der Waals surface area contributed by atoms with Crippen molar-refractivity contribution < 1.29 is 23.1 Å². The molecule has 0 aliphatic rings. The van der Waals surface area contributed by atoms with Gasteiger partial charge >= 0.3 is 5.97 Å². The molecule has 0 saturated heterocycles. The summed E-state index contributed by atoms with van der Waals surface area (Å²) in [6.07, 6.45) is 0.101. The molecule has 21 heavy (non-hydrogen) atoms. The molecule has 1 aromatic rings. The highest BCUT2D eigenvalue weighted by Gasteiger charge is 2.17. The fraction of sp³-hybridized carbons (Fsp3) is 0.385. The molecule has 0 radical (unpaired) electrons. The van der Waals surface area contributed by atoms with Crippen LogP contribution in [0.25, 0.3) is 0 Å². The summed E-state index contributed by atoms with van der Waals surface area (Å²) in [5, 5.41) is 11.1. The third kappa shape index (κ3) is 5.92. The number of nitrogens with one attached hydrogen (secondary N) is 2. The van der Waals surface area contributed by atoms with E-state index in [1.807, 2.05) is 0 Å². The van der Waals surface area contributed by atoms with E-state index >= 15 is 0 Å². The molecule has 1 amide bonds. The molecular weight excluding hydrogens is 296 g/mol. The van der Waals surface area contributed by atoms with Crippen LogP contribution in [-0.2, 0) is 19.6 Å². The fourth-order valence-corrected chi connectivity index (χ4v) is 2.93. The van der Waals surface area contributed by atoms with Gasteiger partial charge in [0.05, 0.1) is 4.90 Å². The van der Waals surface area contributed by atoms with Crippen LogP contribution >= 0.6 is 0 Å². The third-order valence-corrected chi connectivity index (χ3v) is 4.24. The van der Waals surface area contributed by atoms with Crippen LogP contribution < -0.4 is 10.0 Å². The Balaban J connectivity index is 2.73. The SMILES string of the molecule is CC(=O)Nc1ccc(S(=O)(=O)NC(C)CCC(=O)O)cc1. The van der Waals surface area contributed by atoms with Gasteiger partial charge in [-0.2, -0.15) is 0 Å². The Morgan fingerprint density at radius 2 is 1.81 bits per heavy atom. The summed E-state index contributed by atoms with van der Waals surface area (Å²) < 4.78 is 26.6. The number of amides is 1. The lowest BCUT2D eigenvalue weighted by Crippen LogP contribution is -2.33. The van der Waals surface area contributed by atoms with Gasteiger partial charge in [0, 0.05) is 25.1 Å². The molecule has 0 fully saturated rings. The van der Waals surface area contributed by atoms with E-state index in [4.69, 9.17) is 5.11 Å². The summed E-state index contributed by atoms with van der Waals surface area (Å²) in [5.74, 6) is -1.22. The second-order valence-corrected chi connectivity index (χ2v) is 6.37. The van der Waals surface area contributed by atoms with Gasteiger partial charge < -0.3 is 10.4 Å². The molecule has 1 unspecified atom stereocenters. The lowest BCUT2D eigenvalue weighted by atomic mass is 10.2. The number of carboxylic acid groups (broad SMARTS) is 1. The summed E-state index contributed by atoms with van der Waals surface area (Å²) in [7, 11) is -3.71. The molecule has 0 saturated carbocycles. The molecule has 0 aromatic heterocycles. The third-order valence-electron chi connectivity index (χ3n) is 2.63. The first-order valence-corrected chi connectivity index (χ1v) is 7.81. The van der Waals surface area contributed by atoms with Gasteiger partial charge in [-0.15, -0.1) is 0 Å². The minimum Gasteiger partial charge on any atom is -0.481 e. The van der Waals surface area contributed by atoms with Crippen molar-refractivity contribution >= 4 is 27.6 Å². The van der Waals surface area contributed by atoms with Gasteiger partial charge in [0.15, 0.2) is 0 Å². The van der Waals surface area contributed by atoms with Gasteiger partial charge in [0.1, 0.15) is 0 Å². The maximum Gasteiger partial charge on any atom is 0.303 e. The zero-order chi connectivity index (χ0) is 16.0. The van der Waals surface area contributed by atoms with Crippen LogP contribution in [0.3, 0.4) is 0 Å². The number of hydrogen-bond donors (Lipinski definition) is 3. The normalized spacial score (nSPS) is 12.7. The van der Waals surface area contributed by atoms with Crippen molar-refractivity contribution in [3.05, 3.63) is 24.3 Å². The number of carbonyl (C=O) groups is 2. The predicted molar refractivity (Wildman–Crippen MR) is 77.4 cm³/mol. The van der Waals surface area contributed by atoms with E-state index in [1.54, 1.807) is 6.92 Å². The zero-order valence-electron chi connectivity index (χ0n) is 11.8. The number of benzene rings is 1. The van der Waals surface area contributed by atoms with Crippen LogP contribution in [0.15, 0.2) is 29.2 Å². The largest absolute Gasteiger partial charge is 0.481 e. The molecule has 7 nitrogen and oxygen atoms in total. The Labute approximate surface area is 123 Å². The van der Waals surface area contributed by atoms with E-state index in [0.717, 1.165) is 0 Å². The monoisotopic (exact) mass is 314 g/mol. The second kappa shape index (κ2) is 7.19. The molecule has 0 heterocycles. The standard InChI is InChI=1S/C13H18N2O5S/c1-9(3-8-13(17)18)15-21(19,20)12-6-4-11(5-7-12)14-10(2)16/h4-7,9,15H,3,8H2,1-2H3,(H,14,16)(H,17,18). The van der Waals surface area contributed by atoms with E-state index in [9.17, 15) is 18.0 Å². The smallest absolute Gasteiger partial charge is 0.303 e. The first-order valence-electron chi connectivity index (χ1n) is 6.32. The minimum absolute atomic E-state index is 0.0544. The van der Waals surface area contributed by atoms with Crippen molar-refractivity contribution in [2.45, 2.75) is 37.6 Å². The van der Waals surface area contributed by atoms with Crippen molar-refractivity contribution in [2.24, 2.45) is 0 Å². The van der Waals surface area contributed by atoms with E-state index in [1.165, 1.54) is 31.2 Å². The summed E-state index contributed by atoms with van der Waals surface area (Å²) >= 11 is 0. The molecule has 0 bridgehead atoms. The van der Waals surface area contributed by atoms with E-state index in [2.05, 4.69) is 10.0 Å². The molecule has 0 aliphatic carbocycles. The van der Waals surface area contributed by atoms with Crippen molar-refractivity contribution in [3.63, 3.8) is 0 Å². The van der Waals surface area contributed by atoms with Crippen LogP contribution in [0.5, 0.6) is 0 Å². The maximum atomic E-state index is 12.1. The molecule has 1 atom stereocenters. The van der Waals surface area contributed by atoms with Gasteiger partial charge in [0.25, 0.3) is 0 Å². The predicted octanol–water partition coefficient (Wildman–Crippen LogP) is 1.18. The average molecular weight is 314 g/mol. The highest BCUT2D eigenvalue weighted by atomic mass is 32.2. The van der Waals surface area contributed by atoms with Crippen molar-refractivity contribution in [1.82, 2.24) is 4.72 Å². The molecule has 1 aromatic carbocycles. The minimum atomic E-state index is -3.71. The number of carboxylic acids is 1. The number of aliphatic carboxylic acids is 1. The Bertz CT molecular complexity index is 610. The molecule has 116 valence electrons. The molecule has 3 N–H and O–H groups in total. The van der Waals surface area contributed by atoms with E-state index in [-0.39, 0.29) is 23.6 Å². The highest BCUT2D eigenvalue weighted by molar-refractivity contribution is 7.89.